The zero-order valence-electron chi connectivity index (χ0n) is 19.4. The zero-order valence-corrected chi connectivity index (χ0v) is 19.4. The van der Waals surface area contributed by atoms with Crippen LogP contribution in [0, 0.1) is 20.8 Å². The van der Waals surface area contributed by atoms with Crippen LogP contribution >= 0.6 is 0 Å². The quantitative estimate of drug-likeness (QED) is 0.359. The number of carboxylic acid groups (broad SMARTS) is 1. The van der Waals surface area contributed by atoms with E-state index in [-0.39, 0.29) is 6.42 Å². The summed E-state index contributed by atoms with van der Waals surface area (Å²) in [5, 5.41) is 14.0. The Balaban J connectivity index is 1.52. The van der Waals surface area contributed by atoms with E-state index in [1.165, 1.54) is 0 Å². The number of amides is 1. The summed E-state index contributed by atoms with van der Waals surface area (Å²) in [7, 11) is 0. The van der Waals surface area contributed by atoms with Gasteiger partial charge in [-0.3, -0.25) is 4.79 Å². The highest BCUT2D eigenvalue weighted by Crippen LogP contribution is 2.30. The molecule has 0 spiro atoms. The maximum absolute atomic E-state index is 12.8. The van der Waals surface area contributed by atoms with Crippen LogP contribution in [0.1, 0.15) is 29.2 Å². The number of hydrogen-bond acceptors (Lipinski definition) is 5. The second kappa shape index (κ2) is 9.05. The number of H-pyrrole nitrogens is 1. The van der Waals surface area contributed by atoms with Crippen LogP contribution in [0.3, 0.4) is 0 Å². The maximum atomic E-state index is 12.8. The van der Waals surface area contributed by atoms with Crippen molar-refractivity contribution in [1.29, 1.82) is 0 Å². The number of para-hydroxylation sites is 1. The highest BCUT2D eigenvalue weighted by Gasteiger charge is 2.26. The molecule has 0 unspecified atom stereocenters. The lowest BCUT2D eigenvalue weighted by atomic mass is 10.0. The lowest BCUT2D eigenvalue weighted by molar-refractivity contribution is -0.142. The van der Waals surface area contributed by atoms with Crippen molar-refractivity contribution in [3.8, 4) is 5.75 Å². The summed E-state index contributed by atoms with van der Waals surface area (Å²) in [6.07, 6.45) is 0.901. The molecular formula is C26H26N2O6. The average molecular weight is 463 g/mol. The number of aliphatic carboxylic acids is 1. The number of aromatic amines is 1. The van der Waals surface area contributed by atoms with Gasteiger partial charge < -0.3 is 24.6 Å². The van der Waals surface area contributed by atoms with E-state index in [0.29, 0.717) is 22.5 Å². The lowest BCUT2D eigenvalue weighted by Crippen LogP contribution is -2.47. The minimum atomic E-state index is -1.14. The molecule has 34 heavy (non-hydrogen) atoms. The average Bonchev–Trinajstić information content (AvgIpc) is 3.22. The minimum absolute atomic E-state index is 0.122. The molecule has 0 saturated carbocycles. The van der Waals surface area contributed by atoms with E-state index in [9.17, 15) is 19.5 Å². The molecule has 2 heterocycles. The molecule has 4 aromatic rings. The minimum Gasteiger partial charge on any atom is -0.480 e. The molecule has 0 radical (unpaired) electrons. The third-order valence-corrected chi connectivity index (χ3v) is 6.21. The molecular weight excluding hydrogens is 436 g/mol. The van der Waals surface area contributed by atoms with Gasteiger partial charge >= 0.3 is 11.6 Å². The summed E-state index contributed by atoms with van der Waals surface area (Å²) in [6.45, 7) is 6.85. The number of carboxylic acids is 1. The number of ether oxygens (including phenoxy) is 1. The predicted octanol–water partition coefficient (Wildman–Crippen LogP) is 3.78. The maximum Gasteiger partial charge on any atom is 0.339 e. The molecule has 176 valence electrons. The van der Waals surface area contributed by atoms with Crippen LogP contribution in [-0.4, -0.2) is 34.1 Å². The Morgan fingerprint density at radius 3 is 2.53 bits per heavy atom. The molecule has 8 nitrogen and oxygen atoms in total. The van der Waals surface area contributed by atoms with Gasteiger partial charge in [0.25, 0.3) is 5.91 Å². The third-order valence-electron chi connectivity index (χ3n) is 6.21. The normalized spacial score (nSPS) is 13.1. The van der Waals surface area contributed by atoms with Crippen LogP contribution in [0.25, 0.3) is 21.9 Å². The largest absolute Gasteiger partial charge is 0.480 e. The van der Waals surface area contributed by atoms with Crippen molar-refractivity contribution in [1.82, 2.24) is 10.3 Å². The van der Waals surface area contributed by atoms with E-state index in [1.807, 2.05) is 31.2 Å². The number of hydrogen-bond donors (Lipinski definition) is 3. The van der Waals surface area contributed by atoms with E-state index in [2.05, 4.69) is 10.3 Å². The molecule has 0 fully saturated rings. The van der Waals surface area contributed by atoms with Gasteiger partial charge in [0, 0.05) is 40.0 Å². The summed E-state index contributed by atoms with van der Waals surface area (Å²) in [4.78, 5) is 39.9. The van der Waals surface area contributed by atoms with Crippen molar-refractivity contribution >= 4 is 33.7 Å². The third kappa shape index (κ3) is 4.26. The molecule has 2 aromatic carbocycles. The van der Waals surface area contributed by atoms with Gasteiger partial charge in [0.15, 0.2) is 6.10 Å². The summed E-state index contributed by atoms with van der Waals surface area (Å²) < 4.78 is 11.3. The van der Waals surface area contributed by atoms with Crippen LogP contribution in [0.5, 0.6) is 5.75 Å². The molecule has 0 saturated heterocycles. The molecule has 4 rings (SSSR count). The van der Waals surface area contributed by atoms with Gasteiger partial charge in [-0.1, -0.05) is 18.2 Å². The number of carbonyl (C=O) groups excluding carboxylic acids is 1. The number of aromatic nitrogens is 1. The first-order chi connectivity index (χ1) is 16.2. The lowest BCUT2D eigenvalue weighted by Gasteiger charge is -2.20. The summed E-state index contributed by atoms with van der Waals surface area (Å²) >= 11 is 0. The monoisotopic (exact) mass is 462 g/mol. The van der Waals surface area contributed by atoms with Gasteiger partial charge in [0.1, 0.15) is 17.4 Å². The zero-order chi connectivity index (χ0) is 24.6. The molecule has 2 atom stereocenters. The number of fused-ring (bicyclic) bond motifs is 2. The van der Waals surface area contributed by atoms with E-state index in [0.717, 1.165) is 27.4 Å². The van der Waals surface area contributed by atoms with Crippen LogP contribution in [-0.2, 0) is 16.0 Å². The van der Waals surface area contributed by atoms with Gasteiger partial charge in [0.05, 0.1) is 0 Å². The van der Waals surface area contributed by atoms with Gasteiger partial charge in [0.2, 0.25) is 0 Å². The van der Waals surface area contributed by atoms with Crippen LogP contribution < -0.4 is 15.7 Å². The summed E-state index contributed by atoms with van der Waals surface area (Å²) in [5.74, 6) is -1.32. The molecule has 3 N–H and O–H groups in total. The second-order valence-electron chi connectivity index (χ2n) is 8.43. The molecule has 0 bridgehead atoms. The second-order valence-corrected chi connectivity index (χ2v) is 8.43. The van der Waals surface area contributed by atoms with Crippen LogP contribution in [0.15, 0.2) is 51.8 Å². The van der Waals surface area contributed by atoms with Crippen molar-refractivity contribution < 1.29 is 23.8 Å². The standard InChI is InChI=1S/C26H26N2O6/c1-13-14(2)26(32)34-23-15(3)22(10-9-18(13)23)33-16(4)24(29)28-21(25(30)31)11-17-12-27-20-8-6-5-7-19(17)20/h5-10,12,16,21,27H,11H2,1-4H3,(H,28,29)(H,30,31)/t16-,21+/m1/s1. The van der Waals surface area contributed by atoms with Crippen molar-refractivity contribution in [3.05, 3.63) is 75.3 Å². The number of rotatable bonds is 7. The topological polar surface area (TPSA) is 122 Å². The number of benzene rings is 2. The first-order valence-corrected chi connectivity index (χ1v) is 11.0. The van der Waals surface area contributed by atoms with Gasteiger partial charge in [-0.25, -0.2) is 9.59 Å². The smallest absolute Gasteiger partial charge is 0.339 e. The first-order valence-electron chi connectivity index (χ1n) is 11.0. The van der Waals surface area contributed by atoms with Crippen LogP contribution in [0.4, 0.5) is 0 Å². The summed E-state index contributed by atoms with van der Waals surface area (Å²) in [5.41, 5.74) is 3.64. The molecule has 0 aliphatic carbocycles. The van der Waals surface area contributed by atoms with Crippen LogP contribution in [0.2, 0.25) is 0 Å². The van der Waals surface area contributed by atoms with E-state index in [4.69, 9.17) is 9.15 Å². The highest BCUT2D eigenvalue weighted by atomic mass is 16.5. The fraction of sp³-hybridized carbons (Fsp3) is 0.269. The Kier molecular flexibility index (Phi) is 6.15. The Bertz CT molecular complexity index is 1470. The molecule has 0 aliphatic heterocycles. The SMILES string of the molecule is Cc1c(C)c2ccc(O[C@H](C)C(=O)N[C@@H](Cc3c[nH]c4ccccc34)C(=O)O)c(C)c2oc1=O. The Morgan fingerprint density at radius 2 is 1.79 bits per heavy atom. The van der Waals surface area contributed by atoms with Crippen molar-refractivity contribution in [2.24, 2.45) is 0 Å². The molecule has 2 aromatic heterocycles. The molecule has 1 amide bonds. The van der Waals surface area contributed by atoms with Crippen molar-refractivity contribution in [2.45, 2.75) is 46.3 Å². The van der Waals surface area contributed by atoms with E-state index >= 15 is 0 Å². The molecule has 8 heteroatoms. The highest BCUT2D eigenvalue weighted by molar-refractivity contribution is 5.89. The Labute approximate surface area is 195 Å². The predicted molar refractivity (Wildman–Crippen MR) is 128 cm³/mol. The fourth-order valence-corrected chi connectivity index (χ4v) is 4.01. The molecule has 0 aliphatic rings. The Hall–Kier alpha value is -4.07. The first kappa shape index (κ1) is 23.1. The van der Waals surface area contributed by atoms with Gasteiger partial charge in [-0.15, -0.1) is 0 Å². The fourth-order valence-electron chi connectivity index (χ4n) is 4.01. The number of aryl methyl sites for hydroxylation is 2. The van der Waals surface area contributed by atoms with E-state index in [1.54, 1.807) is 39.1 Å². The van der Waals surface area contributed by atoms with E-state index < -0.39 is 29.6 Å². The van der Waals surface area contributed by atoms with Gasteiger partial charge in [-0.2, -0.15) is 0 Å². The number of carbonyl (C=O) groups is 2. The van der Waals surface area contributed by atoms with Gasteiger partial charge in [-0.05, 0) is 57.0 Å². The van der Waals surface area contributed by atoms with Crippen molar-refractivity contribution in [2.75, 3.05) is 0 Å². The Morgan fingerprint density at radius 1 is 1.06 bits per heavy atom. The number of nitrogens with one attached hydrogen (secondary N) is 2. The summed E-state index contributed by atoms with van der Waals surface area (Å²) in [6, 6.07) is 9.94. The van der Waals surface area contributed by atoms with Crippen molar-refractivity contribution in [3.63, 3.8) is 0 Å².